The Labute approximate surface area is 155 Å². The molecule has 3 aromatic rings. The number of pyridine rings is 1. The number of hydrogen-bond acceptors (Lipinski definition) is 4. The number of aromatic nitrogens is 1. The van der Waals surface area contributed by atoms with Gasteiger partial charge in [-0.2, -0.15) is 5.26 Å². The lowest BCUT2D eigenvalue weighted by molar-refractivity contribution is 0.0398. The molecule has 1 aliphatic rings. The first kappa shape index (κ1) is 16.8. The van der Waals surface area contributed by atoms with Crippen LogP contribution in [-0.4, -0.2) is 24.7 Å². The minimum atomic E-state index is -0.275. The zero-order valence-corrected chi connectivity index (χ0v) is 14.6. The first-order valence-electron chi connectivity index (χ1n) is 8.26. The van der Waals surface area contributed by atoms with E-state index in [2.05, 4.69) is 16.0 Å². The van der Waals surface area contributed by atoms with Gasteiger partial charge in [-0.25, -0.2) is 4.39 Å². The van der Waals surface area contributed by atoms with E-state index in [1.807, 2.05) is 12.1 Å². The highest BCUT2D eigenvalue weighted by Crippen LogP contribution is 2.34. The van der Waals surface area contributed by atoms with Crippen molar-refractivity contribution in [3.05, 3.63) is 70.6 Å². The van der Waals surface area contributed by atoms with Crippen LogP contribution >= 0.6 is 11.6 Å². The Hall–Kier alpha value is -2.68. The Morgan fingerprint density at radius 1 is 1.23 bits per heavy atom. The summed E-state index contributed by atoms with van der Waals surface area (Å²) in [5, 5.41) is 11.0. The molecule has 6 heteroatoms. The summed E-state index contributed by atoms with van der Waals surface area (Å²) in [6.07, 6.45) is 1.40. The number of benzene rings is 2. The predicted molar refractivity (Wildman–Crippen MR) is 98.8 cm³/mol. The Morgan fingerprint density at radius 2 is 2.04 bits per heavy atom. The molecule has 1 aromatic heterocycles. The van der Waals surface area contributed by atoms with E-state index in [1.165, 1.54) is 12.1 Å². The van der Waals surface area contributed by atoms with Crippen LogP contribution in [0.25, 0.3) is 10.9 Å². The average molecular weight is 368 g/mol. The molecule has 2 heterocycles. The highest BCUT2D eigenvalue weighted by Gasteiger charge is 2.25. The van der Waals surface area contributed by atoms with Crippen LogP contribution < -0.4 is 4.90 Å². The highest BCUT2D eigenvalue weighted by molar-refractivity contribution is 6.31. The molecule has 26 heavy (non-hydrogen) atoms. The minimum Gasteiger partial charge on any atom is -0.370 e. The first-order valence-corrected chi connectivity index (χ1v) is 8.64. The van der Waals surface area contributed by atoms with Crippen molar-refractivity contribution in [1.29, 1.82) is 5.26 Å². The summed E-state index contributed by atoms with van der Waals surface area (Å²) < 4.78 is 19.1. The fraction of sp³-hybridized carbons (Fsp3) is 0.200. The van der Waals surface area contributed by atoms with Crippen LogP contribution in [0.15, 0.2) is 48.7 Å². The van der Waals surface area contributed by atoms with Crippen LogP contribution in [-0.2, 0) is 4.74 Å². The van der Waals surface area contributed by atoms with Crippen molar-refractivity contribution in [2.75, 3.05) is 24.6 Å². The summed E-state index contributed by atoms with van der Waals surface area (Å²) >= 11 is 6.18. The number of hydrogen-bond donors (Lipinski definition) is 0. The number of nitrogens with zero attached hydrogens (tertiary/aromatic N) is 3. The third kappa shape index (κ3) is 3.10. The maximum atomic E-state index is 13.2. The molecule has 1 aliphatic heterocycles. The van der Waals surface area contributed by atoms with Gasteiger partial charge in [-0.15, -0.1) is 0 Å². The van der Waals surface area contributed by atoms with E-state index in [4.69, 9.17) is 16.3 Å². The van der Waals surface area contributed by atoms with E-state index in [-0.39, 0.29) is 11.9 Å². The molecule has 0 saturated carbocycles. The largest absolute Gasteiger partial charge is 0.370 e. The van der Waals surface area contributed by atoms with Gasteiger partial charge >= 0.3 is 0 Å². The summed E-state index contributed by atoms with van der Waals surface area (Å²) in [7, 11) is 0. The average Bonchev–Trinajstić information content (AvgIpc) is 2.67. The summed E-state index contributed by atoms with van der Waals surface area (Å²) in [6.45, 7) is 1.72. The van der Waals surface area contributed by atoms with Crippen LogP contribution in [0.2, 0.25) is 5.02 Å². The lowest BCUT2D eigenvalue weighted by Crippen LogP contribution is -2.39. The van der Waals surface area contributed by atoms with Gasteiger partial charge in [0.05, 0.1) is 23.4 Å². The number of anilines is 1. The molecule has 0 radical (unpaired) electrons. The number of ether oxygens (including phenoxy) is 1. The zero-order valence-electron chi connectivity index (χ0n) is 13.8. The summed E-state index contributed by atoms with van der Waals surface area (Å²) in [5.74, 6) is -0.275. The lowest BCUT2D eigenvalue weighted by Gasteiger charge is -2.35. The molecule has 0 N–H and O–H groups in total. The molecule has 1 unspecified atom stereocenters. The maximum absolute atomic E-state index is 13.2. The standard InChI is InChI=1S/C20H15ClFN3O/c21-15-3-6-18-17(9-15)20(14(10-23)11-24-18)25-7-8-26-19(12-25)13-1-4-16(22)5-2-13/h1-6,9,11,19H,7-8,12H2. The maximum Gasteiger partial charge on any atom is 0.123 e. The van der Waals surface area contributed by atoms with Crippen LogP contribution in [0, 0.1) is 17.1 Å². The van der Waals surface area contributed by atoms with Gasteiger partial charge in [0, 0.05) is 29.7 Å². The van der Waals surface area contributed by atoms with Crippen LogP contribution in [0.1, 0.15) is 17.2 Å². The second-order valence-electron chi connectivity index (χ2n) is 6.15. The molecule has 130 valence electrons. The Kier molecular flexibility index (Phi) is 4.46. The molecular formula is C20H15ClFN3O. The number of halogens is 2. The zero-order chi connectivity index (χ0) is 18.1. The van der Waals surface area contributed by atoms with Crippen molar-refractivity contribution < 1.29 is 9.13 Å². The smallest absolute Gasteiger partial charge is 0.123 e. The second-order valence-corrected chi connectivity index (χ2v) is 6.59. The number of rotatable bonds is 2. The predicted octanol–water partition coefficient (Wildman–Crippen LogP) is 4.48. The summed E-state index contributed by atoms with van der Waals surface area (Å²) in [4.78, 5) is 6.48. The van der Waals surface area contributed by atoms with Crippen LogP contribution in [0.5, 0.6) is 0 Å². The number of morpholine rings is 1. The molecule has 4 rings (SSSR count). The van der Waals surface area contributed by atoms with Crippen molar-refractivity contribution in [3.8, 4) is 6.07 Å². The van der Waals surface area contributed by atoms with Crippen molar-refractivity contribution in [2.24, 2.45) is 0 Å². The van der Waals surface area contributed by atoms with E-state index in [0.717, 1.165) is 22.2 Å². The quantitative estimate of drug-likeness (QED) is 0.670. The number of fused-ring (bicyclic) bond motifs is 1. The molecule has 1 fully saturated rings. The van der Waals surface area contributed by atoms with Gasteiger partial charge in [-0.05, 0) is 35.9 Å². The molecule has 1 saturated heterocycles. The fourth-order valence-electron chi connectivity index (χ4n) is 3.30. The molecule has 0 bridgehead atoms. The molecule has 2 aromatic carbocycles. The van der Waals surface area contributed by atoms with Crippen molar-refractivity contribution >= 4 is 28.2 Å². The van der Waals surface area contributed by atoms with Gasteiger partial charge in [0.1, 0.15) is 18.0 Å². The fourth-order valence-corrected chi connectivity index (χ4v) is 3.48. The van der Waals surface area contributed by atoms with E-state index in [9.17, 15) is 9.65 Å². The van der Waals surface area contributed by atoms with E-state index in [0.29, 0.717) is 30.3 Å². The van der Waals surface area contributed by atoms with Crippen LogP contribution in [0.3, 0.4) is 0 Å². The molecule has 0 amide bonds. The monoisotopic (exact) mass is 367 g/mol. The van der Waals surface area contributed by atoms with Gasteiger partial charge < -0.3 is 9.64 Å². The van der Waals surface area contributed by atoms with E-state index >= 15 is 0 Å². The van der Waals surface area contributed by atoms with Crippen molar-refractivity contribution in [2.45, 2.75) is 6.10 Å². The van der Waals surface area contributed by atoms with Gasteiger partial charge in [0.2, 0.25) is 0 Å². The molecular weight excluding hydrogens is 353 g/mol. The molecule has 1 atom stereocenters. The third-order valence-corrected chi connectivity index (χ3v) is 4.78. The third-order valence-electron chi connectivity index (χ3n) is 4.55. The van der Waals surface area contributed by atoms with E-state index in [1.54, 1.807) is 24.4 Å². The Balaban J connectivity index is 1.75. The second kappa shape index (κ2) is 6.91. The van der Waals surface area contributed by atoms with Gasteiger partial charge in [-0.1, -0.05) is 23.7 Å². The van der Waals surface area contributed by atoms with Crippen LogP contribution in [0.4, 0.5) is 10.1 Å². The SMILES string of the molecule is N#Cc1cnc2ccc(Cl)cc2c1N1CCOC(c2ccc(F)cc2)C1. The minimum absolute atomic E-state index is 0.196. The highest BCUT2D eigenvalue weighted by atomic mass is 35.5. The molecule has 0 spiro atoms. The van der Waals surface area contributed by atoms with Crippen molar-refractivity contribution in [3.63, 3.8) is 0 Å². The van der Waals surface area contributed by atoms with Gasteiger partial charge in [-0.3, -0.25) is 4.98 Å². The van der Waals surface area contributed by atoms with Gasteiger partial charge in [0.25, 0.3) is 0 Å². The Morgan fingerprint density at radius 3 is 2.81 bits per heavy atom. The topological polar surface area (TPSA) is 49.2 Å². The first-order chi connectivity index (χ1) is 12.7. The lowest BCUT2D eigenvalue weighted by atomic mass is 10.0. The molecule has 4 nitrogen and oxygen atoms in total. The molecule has 0 aliphatic carbocycles. The normalized spacial score (nSPS) is 17.3. The van der Waals surface area contributed by atoms with Crippen molar-refractivity contribution in [1.82, 2.24) is 4.98 Å². The Bertz CT molecular complexity index is 1000. The van der Waals surface area contributed by atoms with E-state index < -0.39 is 0 Å². The summed E-state index contributed by atoms with van der Waals surface area (Å²) in [5.41, 5.74) is 3.01. The van der Waals surface area contributed by atoms with Gasteiger partial charge in [0.15, 0.2) is 0 Å². The number of nitriles is 1. The summed E-state index contributed by atoms with van der Waals surface area (Å²) in [6, 6.07) is 14.0.